The molecule has 0 unspecified atom stereocenters. The summed E-state index contributed by atoms with van der Waals surface area (Å²) in [5.41, 5.74) is 1.20. The SMILES string of the molecule is Cc1cc(C(=O)CN2C(=O)N[C@](C)(c3ccc4c(c3)OCO4)C2=O)c(C)n1-c1ccccn1. The Morgan fingerprint density at radius 2 is 1.91 bits per heavy atom. The molecule has 5 rings (SSSR count). The van der Waals surface area contributed by atoms with Crippen LogP contribution in [0.5, 0.6) is 11.5 Å². The first-order valence-electron chi connectivity index (χ1n) is 10.5. The van der Waals surface area contributed by atoms with Crippen LogP contribution in [0.15, 0.2) is 48.7 Å². The molecule has 168 valence electrons. The monoisotopic (exact) mass is 446 g/mol. The minimum Gasteiger partial charge on any atom is -0.454 e. The fourth-order valence-electron chi connectivity index (χ4n) is 4.36. The molecular weight excluding hydrogens is 424 g/mol. The highest BCUT2D eigenvalue weighted by Gasteiger charge is 2.50. The zero-order chi connectivity index (χ0) is 23.3. The van der Waals surface area contributed by atoms with Crippen molar-refractivity contribution in [2.45, 2.75) is 26.3 Å². The lowest BCUT2D eigenvalue weighted by atomic mass is 9.91. The topological polar surface area (TPSA) is 103 Å². The molecule has 2 aliphatic heterocycles. The molecule has 1 saturated heterocycles. The highest BCUT2D eigenvalue weighted by molar-refractivity contribution is 6.11. The predicted octanol–water partition coefficient (Wildman–Crippen LogP) is 2.87. The maximum absolute atomic E-state index is 13.3. The van der Waals surface area contributed by atoms with Crippen LogP contribution in [0.3, 0.4) is 0 Å². The highest BCUT2D eigenvalue weighted by atomic mass is 16.7. The Bertz CT molecular complexity index is 1300. The van der Waals surface area contributed by atoms with Crippen molar-refractivity contribution in [2.75, 3.05) is 13.3 Å². The van der Waals surface area contributed by atoms with Crippen molar-refractivity contribution >= 4 is 17.7 Å². The summed E-state index contributed by atoms with van der Waals surface area (Å²) in [6, 6.07) is 11.7. The van der Waals surface area contributed by atoms with E-state index in [0.29, 0.717) is 34.1 Å². The summed E-state index contributed by atoms with van der Waals surface area (Å²) < 4.78 is 12.6. The second-order valence-electron chi connectivity index (χ2n) is 8.25. The molecule has 0 bridgehead atoms. The minimum absolute atomic E-state index is 0.105. The lowest BCUT2D eigenvalue weighted by Gasteiger charge is -2.22. The number of benzene rings is 1. The van der Waals surface area contributed by atoms with Gasteiger partial charge in [0, 0.05) is 23.1 Å². The maximum atomic E-state index is 13.3. The van der Waals surface area contributed by atoms with E-state index < -0.39 is 17.5 Å². The fraction of sp³-hybridized carbons (Fsp3) is 0.250. The molecule has 0 spiro atoms. The van der Waals surface area contributed by atoms with Crippen molar-refractivity contribution in [1.29, 1.82) is 0 Å². The van der Waals surface area contributed by atoms with E-state index in [-0.39, 0.29) is 19.1 Å². The van der Waals surface area contributed by atoms with E-state index in [1.807, 2.05) is 36.6 Å². The number of Topliss-reactive ketones (excluding diaryl/α,β-unsaturated/α-hetero) is 1. The first kappa shape index (κ1) is 20.7. The molecule has 2 aliphatic rings. The van der Waals surface area contributed by atoms with Gasteiger partial charge in [-0.25, -0.2) is 9.78 Å². The number of imide groups is 1. The number of pyridine rings is 1. The minimum atomic E-state index is -1.32. The van der Waals surface area contributed by atoms with E-state index >= 15 is 0 Å². The Balaban J connectivity index is 1.41. The van der Waals surface area contributed by atoms with Gasteiger partial charge in [0.15, 0.2) is 17.3 Å². The molecule has 0 aliphatic carbocycles. The average Bonchev–Trinajstić information content (AvgIpc) is 3.45. The Kier molecular flexibility index (Phi) is 4.70. The number of amides is 3. The van der Waals surface area contributed by atoms with Gasteiger partial charge < -0.3 is 19.4 Å². The van der Waals surface area contributed by atoms with Gasteiger partial charge in [-0.2, -0.15) is 0 Å². The van der Waals surface area contributed by atoms with Crippen LogP contribution in [-0.4, -0.2) is 45.5 Å². The van der Waals surface area contributed by atoms with Crippen LogP contribution in [0.25, 0.3) is 5.82 Å². The van der Waals surface area contributed by atoms with Crippen molar-refractivity contribution in [3.63, 3.8) is 0 Å². The van der Waals surface area contributed by atoms with Crippen LogP contribution in [0.2, 0.25) is 0 Å². The molecule has 1 atom stereocenters. The number of aryl methyl sites for hydroxylation is 1. The van der Waals surface area contributed by atoms with Gasteiger partial charge in [0.2, 0.25) is 6.79 Å². The summed E-state index contributed by atoms with van der Waals surface area (Å²) in [6.07, 6.45) is 1.68. The van der Waals surface area contributed by atoms with Crippen LogP contribution in [0.4, 0.5) is 4.79 Å². The van der Waals surface area contributed by atoms with E-state index in [9.17, 15) is 14.4 Å². The molecule has 9 nitrogen and oxygen atoms in total. The third kappa shape index (κ3) is 3.24. The van der Waals surface area contributed by atoms with Crippen molar-refractivity contribution in [3.8, 4) is 17.3 Å². The summed E-state index contributed by atoms with van der Waals surface area (Å²) >= 11 is 0. The number of rotatable bonds is 5. The van der Waals surface area contributed by atoms with Crippen LogP contribution in [0.1, 0.15) is 34.2 Å². The Hall–Kier alpha value is -4.14. The predicted molar refractivity (Wildman–Crippen MR) is 118 cm³/mol. The Morgan fingerprint density at radius 3 is 2.67 bits per heavy atom. The van der Waals surface area contributed by atoms with E-state index in [0.717, 1.165) is 10.6 Å². The van der Waals surface area contributed by atoms with E-state index in [2.05, 4.69) is 10.3 Å². The highest BCUT2D eigenvalue weighted by Crippen LogP contribution is 2.38. The number of hydrogen-bond donors (Lipinski definition) is 1. The number of carbonyl (C=O) groups excluding carboxylic acids is 3. The molecule has 4 heterocycles. The lowest BCUT2D eigenvalue weighted by Crippen LogP contribution is -2.41. The lowest BCUT2D eigenvalue weighted by molar-refractivity contribution is -0.130. The van der Waals surface area contributed by atoms with Crippen LogP contribution >= 0.6 is 0 Å². The van der Waals surface area contributed by atoms with Gasteiger partial charge in [0.1, 0.15) is 11.4 Å². The number of ether oxygens (including phenoxy) is 2. The standard InChI is InChI=1S/C24H22N4O5/c1-14-10-17(15(2)28(14)21-6-4-5-9-25-21)18(29)12-27-22(30)24(3,26-23(27)31)16-7-8-19-20(11-16)33-13-32-19/h4-11H,12-13H2,1-3H3,(H,26,31)/t24-/m1/s1. The molecule has 1 fully saturated rings. The van der Waals surface area contributed by atoms with Crippen molar-refractivity contribution in [1.82, 2.24) is 19.8 Å². The molecule has 3 aromatic rings. The van der Waals surface area contributed by atoms with Crippen molar-refractivity contribution in [2.24, 2.45) is 0 Å². The number of ketones is 1. The Labute approximate surface area is 189 Å². The van der Waals surface area contributed by atoms with Gasteiger partial charge in [0.25, 0.3) is 5.91 Å². The van der Waals surface area contributed by atoms with Gasteiger partial charge in [0.05, 0.1) is 6.54 Å². The third-order valence-electron chi connectivity index (χ3n) is 6.14. The molecule has 0 saturated carbocycles. The molecule has 33 heavy (non-hydrogen) atoms. The number of nitrogens with one attached hydrogen (secondary N) is 1. The zero-order valence-corrected chi connectivity index (χ0v) is 18.4. The molecule has 9 heteroatoms. The first-order valence-corrected chi connectivity index (χ1v) is 10.5. The summed E-state index contributed by atoms with van der Waals surface area (Å²) in [6.45, 7) is 5.05. The summed E-state index contributed by atoms with van der Waals surface area (Å²) in [5, 5.41) is 2.73. The van der Waals surface area contributed by atoms with Gasteiger partial charge in [-0.05, 0) is 56.7 Å². The summed E-state index contributed by atoms with van der Waals surface area (Å²) in [7, 11) is 0. The van der Waals surface area contributed by atoms with Gasteiger partial charge >= 0.3 is 6.03 Å². The summed E-state index contributed by atoms with van der Waals surface area (Å²) in [4.78, 5) is 44.5. The van der Waals surface area contributed by atoms with E-state index in [1.54, 1.807) is 37.4 Å². The smallest absolute Gasteiger partial charge is 0.325 e. The van der Waals surface area contributed by atoms with Crippen LogP contribution < -0.4 is 14.8 Å². The van der Waals surface area contributed by atoms with Crippen LogP contribution in [-0.2, 0) is 10.3 Å². The zero-order valence-electron chi connectivity index (χ0n) is 18.4. The fourth-order valence-corrected chi connectivity index (χ4v) is 4.36. The number of fused-ring (bicyclic) bond motifs is 1. The third-order valence-corrected chi connectivity index (χ3v) is 6.14. The van der Waals surface area contributed by atoms with Gasteiger partial charge in [-0.3, -0.25) is 14.5 Å². The molecule has 3 amide bonds. The van der Waals surface area contributed by atoms with Gasteiger partial charge in [-0.1, -0.05) is 12.1 Å². The molecule has 1 N–H and O–H groups in total. The van der Waals surface area contributed by atoms with E-state index in [1.165, 1.54) is 0 Å². The number of nitrogens with zero attached hydrogens (tertiary/aromatic N) is 3. The first-order chi connectivity index (χ1) is 15.8. The molecule has 0 radical (unpaired) electrons. The van der Waals surface area contributed by atoms with E-state index in [4.69, 9.17) is 9.47 Å². The summed E-state index contributed by atoms with van der Waals surface area (Å²) in [5.74, 6) is 0.945. The second-order valence-corrected chi connectivity index (χ2v) is 8.25. The van der Waals surface area contributed by atoms with Crippen molar-refractivity contribution in [3.05, 3.63) is 71.2 Å². The second kappa shape index (κ2) is 7.47. The normalized spacial score (nSPS) is 19.2. The number of aromatic nitrogens is 2. The molecule has 2 aromatic heterocycles. The number of urea groups is 1. The van der Waals surface area contributed by atoms with Gasteiger partial charge in [-0.15, -0.1) is 0 Å². The largest absolute Gasteiger partial charge is 0.454 e. The maximum Gasteiger partial charge on any atom is 0.325 e. The number of carbonyl (C=O) groups is 3. The van der Waals surface area contributed by atoms with Crippen LogP contribution in [0, 0.1) is 13.8 Å². The number of hydrogen-bond acceptors (Lipinski definition) is 6. The molecular formula is C24H22N4O5. The molecule has 1 aromatic carbocycles. The Morgan fingerprint density at radius 1 is 1.12 bits per heavy atom. The quantitative estimate of drug-likeness (QED) is 0.478. The van der Waals surface area contributed by atoms with Crippen molar-refractivity contribution < 1.29 is 23.9 Å². The average molecular weight is 446 g/mol.